The first kappa shape index (κ1) is 11.2. The van der Waals surface area contributed by atoms with E-state index in [0.29, 0.717) is 0 Å². The van der Waals surface area contributed by atoms with Gasteiger partial charge in [0, 0.05) is 28.7 Å². The molecule has 0 N–H and O–H groups in total. The Morgan fingerprint density at radius 1 is 0.750 bits per heavy atom. The van der Waals surface area contributed by atoms with Gasteiger partial charge in [0.15, 0.2) is 0 Å². The zero-order valence-electron chi connectivity index (χ0n) is 11.1. The van der Waals surface area contributed by atoms with Gasteiger partial charge >= 0.3 is 0 Å². The second-order valence-corrected chi connectivity index (χ2v) is 5.09. The van der Waals surface area contributed by atoms with Gasteiger partial charge in [-0.1, -0.05) is 54.6 Å². The van der Waals surface area contributed by atoms with Crippen LogP contribution >= 0.6 is 0 Å². The molecular formula is C18H13NO. The minimum Gasteiger partial charge on any atom is -0.340 e. The lowest BCUT2D eigenvalue weighted by molar-refractivity contribution is 1.01. The lowest BCUT2D eigenvalue weighted by Crippen LogP contribution is -2.03. The van der Waals surface area contributed by atoms with E-state index in [9.17, 15) is 4.79 Å². The minimum atomic E-state index is 0.0966. The number of nitrogens with zero attached hydrogens (tertiary/aromatic N) is 1. The highest BCUT2D eigenvalue weighted by molar-refractivity contribution is 6.09. The van der Waals surface area contributed by atoms with Crippen molar-refractivity contribution < 1.29 is 0 Å². The van der Waals surface area contributed by atoms with Gasteiger partial charge in [-0.05, 0) is 11.5 Å². The van der Waals surface area contributed by atoms with Crippen molar-refractivity contribution in [2.24, 2.45) is 7.05 Å². The fourth-order valence-corrected chi connectivity index (χ4v) is 3.02. The summed E-state index contributed by atoms with van der Waals surface area (Å²) >= 11 is 0. The number of hydrogen-bond acceptors (Lipinski definition) is 1. The number of fused-ring (bicyclic) bond motifs is 4. The predicted octanol–water partition coefficient (Wildman–Crippen LogP) is 3.84. The molecule has 0 aliphatic carbocycles. The van der Waals surface area contributed by atoms with Gasteiger partial charge in [0.1, 0.15) is 0 Å². The van der Waals surface area contributed by atoms with E-state index in [0.717, 1.165) is 32.6 Å². The Morgan fingerprint density at radius 2 is 1.45 bits per heavy atom. The largest absolute Gasteiger partial charge is 0.340 e. The van der Waals surface area contributed by atoms with Crippen LogP contribution < -0.4 is 5.43 Å². The van der Waals surface area contributed by atoms with Gasteiger partial charge in [-0.2, -0.15) is 0 Å². The summed E-state index contributed by atoms with van der Waals surface area (Å²) in [5.41, 5.74) is 1.96. The van der Waals surface area contributed by atoms with E-state index in [1.807, 2.05) is 54.1 Å². The number of rotatable bonds is 0. The number of benzene rings is 2. The SMILES string of the molecule is Cn1c2ccccc2c2ccc3ccccc3c(=O)c21. The van der Waals surface area contributed by atoms with Crippen molar-refractivity contribution >= 4 is 32.6 Å². The maximum atomic E-state index is 12.9. The first-order chi connectivity index (χ1) is 9.77. The van der Waals surface area contributed by atoms with Crippen LogP contribution in [0.3, 0.4) is 0 Å². The molecule has 0 aliphatic rings. The molecule has 4 aromatic rings. The van der Waals surface area contributed by atoms with E-state index in [1.165, 1.54) is 0 Å². The molecule has 0 saturated carbocycles. The van der Waals surface area contributed by atoms with Crippen LogP contribution in [0.2, 0.25) is 0 Å². The number of para-hydroxylation sites is 1. The maximum absolute atomic E-state index is 12.9. The first-order valence-electron chi connectivity index (χ1n) is 6.66. The highest BCUT2D eigenvalue weighted by Crippen LogP contribution is 2.26. The summed E-state index contributed by atoms with van der Waals surface area (Å²) in [6.45, 7) is 0. The van der Waals surface area contributed by atoms with Crippen LogP contribution in [0.1, 0.15) is 0 Å². The third-order valence-corrected chi connectivity index (χ3v) is 4.00. The highest BCUT2D eigenvalue weighted by Gasteiger charge is 2.10. The third kappa shape index (κ3) is 1.36. The summed E-state index contributed by atoms with van der Waals surface area (Å²) in [4.78, 5) is 12.9. The van der Waals surface area contributed by atoms with Crippen molar-refractivity contribution in [2.75, 3.05) is 0 Å². The zero-order valence-corrected chi connectivity index (χ0v) is 11.1. The van der Waals surface area contributed by atoms with Crippen molar-refractivity contribution in [3.8, 4) is 0 Å². The molecule has 0 atom stereocenters. The van der Waals surface area contributed by atoms with Crippen LogP contribution in [0.15, 0.2) is 65.5 Å². The van der Waals surface area contributed by atoms with Crippen LogP contribution in [0.5, 0.6) is 0 Å². The standard InChI is InChI=1S/C18H13NO/c1-19-16-9-5-4-8-14(16)15-11-10-12-6-2-3-7-13(12)18(20)17(15)19/h2-11H,1H3. The number of hydrogen-bond donors (Lipinski definition) is 0. The van der Waals surface area contributed by atoms with Gasteiger partial charge in [-0.25, -0.2) is 0 Å². The van der Waals surface area contributed by atoms with Gasteiger partial charge < -0.3 is 4.57 Å². The van der Waals surface area contributed by atoms with Gasteiger partial charge in [-0.15, -0.1) is 0 Å². The molecule has 0 spiro atoms. The van der Waals surface area contributed by atoms with Gasteiger partial charge in [-0.3, -0.25) is 4.79 Å². The molecule has 0 aliphatic heterocycles. The molecule has 2 nitrogen and oxygen atoms in total. The van der Waals surface area contributed by atoms with Gasteiger partial charge in [0.2, 0.25) is 5.43 Å². The van der Waals surface area contributed by atoms with Crippen molar-refractivity contribution in [1.29, 1.82) is 0 Å². The predicted molar refractivity (Wildman–Crippen MR) is 84.2 cm³/mol. The smallest absolute Gasteiger partial charge is 0.210 e. The Bertz CT molecular complexity index is 1030. The van der Waals surface area contributed by atoms with Crippen molar-refractivity contribution in [3.05, 3.63) is 70.9 Å². The topological polar surface area (TPSA) is 22.0 Å². The number of aryl methyl sites for hydroxylation is 1. The average Bonchev–Trinajstić information content (AvgIpc) is 2.68. The van der Waals surface area contributed by atoms with Crippen LogP contribution in [0.4, 0.5) is 0 Å². The molecule has 0 amide bonds. The van der Waals surface area contributed by atoms with Gasteiger partial charge in [0.05, 0.1) is 5.52 Å². The van der Waals surface area contributed by atoms with Crippen molar-refractivity contribution in [1.82, 2.24) is 4.57 Å². The fourth-order valence-electron chi connectivity index (χ4n) is 3.02. The molecule has 1 heterocycles. The Balaban J connectivity index is 2.42. The summed E-state index contributed by atoms with van der Waals surface area (Å²) in [6.07, 6.45) is 0. The maximum Gasteiger partial charge on any atom is 0.210 e. The third-order valence-electron chi connectivity index (χ3n) is 4.00. The first-order valence-corrected chi connectivity index (χ1v) is 6.66. The quantitative estimate of drug-likeness (QED) is 0.470. The molecule has 1 aromatic heterocycles. The molecule has 0 saturated heterocycles. The monoisotopic (exact) mass is 259 g/mol. The average molecular weight is 259 g/mol. The second kappa shape index (κ2) is 3.94. The minimum absolute atomic E-state index is 0.0966. The van der Waals surface area contributed by atoms with Crippen LogP contribution in [0, 0.1) is 0 Å². The van der Waals surface area contributed by atoms with E-state index < -0.39 is 0 Å². The van der Waals surface area contributed by atoms with E-state index in [1.54, 1.807) is 0 Å². The molecule has 20 heavy (non-hydrogen) atoms. The van der Waals surface area contributed by atoms with Crippen LogP contribution in [-0.4, -0.2) is 4.57 Å². The summed E-state index contributed by atoms with van der Waals surface area (Å²) in [5, 5.41) is 3.90. The molecule has 0 fully saturated rings. The molecule has 0 bridgehead atoms. The van der Waals surface area contributed by atoms with Gasteiger partial charge in [0.25, 0.3) is 0 Å². The highest BCUT2D eigenvalue weighted by atomic mass is 16.1. The second-order valence-electron chi connectivity index (χ2n) is 5.09. The van der Waals surface area contributed by atoms with E-state index in [-0.39, 0.29) is 5.43 Å². The van der Waals surface area contributed by atoms with Crippen LogP contribution in [-0.2, 0) is 7.05 Å². The Kier molecular flexibility index (Phi) is 2.21. The Morgan fingerprint density at radius 3 is 2.30 bits per heavy atom. The van der Waals surface area contributed by atoms with Crippen molar-refractivity contribution in [2.45, 2.75) is 0 Å². The molecule has 96 valence electrons. The number of aromatic nitrogens is 1. The van der Waals surface area contributed by atoms with E-state index in [2.05, 4.69) is 18.2 Å². The summed E-state index contributed by atoms with van der Waals surface area (Å²) in [6, 6.07) is 20.0. The molecule has 0 radical (unpaired) electrons. The normalized spacial score (nSPS) is 11.4. The fraction of sp³-hybridized carbons (Fsp3) is 0.0556. The Labute approximate surface area is 115 Å². The van der Waals surface area contributed by atoms with Crippen molar-refractivity contribution in [3.63, 3.8) is 0 Å². The lowest BCUT2D eigenvalue weighted by atomic mass is 10.2. The summed E-state index contributed by atoms with van der Waals surface area (Å²) in [5.74, 6) is 0. The molecular weight excluding hydrogens is 246 g/mol. The molecule has 2 heteroatoms. The Hall–Kier alpha value is -2.61. The molecule has 3 aromatic carbocycles. The van der Waals surface area contributed by atoms with E-state index in [4.69, 9.17) is 0 Å². The molecule has 4 rings (SSSR count). The zero-order chi connectivity index (χ0) is 13.7. The molecule has 0 unspecified atom stereocenters. The summed E-state index contributed by atoms with van der Waals surface area (Å²) in [7, 11) is 1.96. The summed E-state index contributed by atoms with van der Waals surface area (Å²) < 4.78 is 2.00. The van der Waals surface area contributed by atoms with E-state index >= 15 is 0 Å². The lowest BCUT2D eigenvalue weighted by Gasteiger charge is -1.96. The van der Waals surface area contributed by atoms with Crippen LogP contribution in [0.25, 0.3) is 32.6 Å².